The van der Waals surface area contributed by atoms with E-state index in [0.717, 1.165) is 50.6 Å². The molecule has 7 heteroatoms. The molecule has 1 atom stereocenters. The van der Waals surface area contributed by atoms with Crippen molar-refractivity contribution in [2.24, 2.45) is 0 Å². The van der Waals surface area contributed by atoms with Crippen molar-refractivity contribution in [1.82, 2.24) is 14.9 Å². The Kier molecular flexibility index (Phi) is 4.13. The van der Waals surface area contributed by atoms with E-state index >= 15 is 0 Å². The van der Waals surface area contributed by atoms with E-state index in [2.05, 4.69) is 25.6 Å². The van der Waals surface area contributed by atoms with E-state index in [4.69, 9.17) is 4.74 Å². The van der Waals surface area contributed by atoms with Crippen molar-refractivity contribution in [3.63, 3.8) is 0 Å². The minimum absolute atomic E-state index is 0.0777. The molecule has 2 aliphatic heterocycles. The van der Waals surface area contributed by atoms with Gasteiger partial charge in [0.1, 0.15) is 5.01 Å². The third-order valence-corrected chi connectivity index (χ3v) is 6.05. The Labute approximate surface area is 138 Å². The van der Waals surface area contributed by atoms with Crippen LogP contribution in [-0.4, -0.2) is 46.2 Å². The van der Waals surface area contributed by atoms with Gasteiger partial charge in [-0.2, -0.15) is 0 Å². The molecule has 22 heavy (non-hydrogen) atoms. The van der Waals surface area contributed by atoms with Crippen LogP contribution in [0.1, 0.15) is 24.3 Å². The van der Waals surface area contributed by atoms with Gasteiger partial charge < -0.3 is 10.1 Å². The first-order valence-electron chi connectivity index (χ1n) is 7.72. The zero-order chi connectivity index (χ0) is 14.8. The molecular weight excluding hydrogens is 316 g/mol. The van der Waals surface area contributed by atoms with Gasteiger partial charge in [-0.3, -0.25) is 4.90 Å². The number of hydrogen-bond acceptors (Lipinski definition) is 7. The maximum Gasteiger partial charge on any atom is 0.182 e. The van der Waals surface area contributed by atoms with Gasteiger partial charge in [-0.25, -0.2) is 9.97 Å². The molecule has 5 nitrogen and oxygen atoms in total. The molecule has 2 aliphatic rings. The molecule has 4 heterocycles. The lowest BCUT2D eigenvalue weighted by molar-refractivity contribution is -0.0448. The van der Waals surface area contributed by atoms with Crippen LogP contribution in [0.4, 0.5) is 5.13 Å². The fraction of sp³-hybridized carbons (Fsp3) is 0.600. The Morgan fingerprint density at radius 2 is 2.05 bits per heavy atom. The van der Waals surface area contributed by atoms with Gasteiger partial charge in [0.2, 0.25) is 0 Å². The highest BCUT2D eigenvalue weighted by Crippen LogP contribution is 2.37. The summed E-state index contributed by atoms with van der Waals surface area (Å²) in [7, 11) is 0. The SMILES string of the molecule is c1csc(CN2CCC3(CC2)CC(Nc2nccs2)CO3)n1. The van der Waals surface area contributed by atoms with Gasteiger partial charge in [-0.05, 0) is 19.3 Å². The molecule has 4 rings (SSSR count). The van der Waals surface area contributed by atoms with E-state index in [1.54, 1.807) is 22.7 Å². The molecule has 0 aliphatic carbocycles. The number of hydrogen-bond donors (Lipinski definition) is 1. The molecule has 0 amide bonds. The number of nitrogens with one attached hydrogen (secondary N) is 1. The second kappa shape index (κ2) is 6.23. The summed E-state index contributed by atoms with van der Waals surface area (Å²) in [6.07, 6.45) is 7.07. The number of aromatic nitrogens is 2. The number of piperidine rings is 1. The summed E-state index contributed by atoms with van der Waals surface area (Å²) in [6.45, 7) is 3.98. The highest BCUT2D eigenvalue weighted by atomic mass is 32.1. The van der Waals surface area contributed by atoms with Gasteiger partial charge in [-0.1, -0.05) is 0 Å². The van der Waals surface area contributed by atoms with E-state index < -0.39 is 0 Å². The van der Waals surface area contributed by atoms with E-state index in [-0.39, 0.29) is 5.60 Å². The van der Waals surface area contributed by atoms with Crippen molar-refractivity contribution >= 4 is 27.8 Å². The average molecular weight is 336 g/mol. The zero-order valence-corrected chi connectivity index (χ0v) is 14.0. The molecule has 2 fully saturated rings. The van der Waals surface area contributed by atoms with Crippen LogP contribution >= 0.6 is 22.7 Å². The van der Waals surface area contributed by atoms with E-state index in [1.807, 2.05) is 17.8 Å². The lowest BCUT2D eigenvalue weighted by Crippen LogP contribution is -2.44. The number of anilines is 1. The monoisotopic (exact) mass is 336 g/mol. The van der Waals surface area contributed by atoms with Crippen molar-refractivity contribution < 1.29 is 4.74 Å². The first-order valence-corrected chi connectivity index (χ1v) is 9.48. The van der Waals surface area contributed by atoms with Crippen LogP contribution in [0.15, 0.2) is 23.2 Å². The van der Waals surface area contributed by atoms with Crippen LogP contribution in [0.25, 0.3) is 0 Å². The second-order valence-electron chi connectivity index (χ2n) is 6.08. The van der Waals surface area contributed by atoms with Gasteiger partial charge in [0.25, 0.3) is 0 Å². The number of thiazole rings is 2. The van der Waals surface area contributed by atoms with E-state index in [9.17, 15) is 0 Å². The van der Waals surface area contributed by atoms with Crippen LogP contribution in [0.2, 0.25) is 0 Å². The van der Waals surface area contributed by atoms with Crippen LogP contribution in [0, 0.1) is 0 Å². The molecule has 2 saturated heterocycles. The van der Waals surface area contributed by atoms with Gasteiger partial charge >= 0.3 is 0 Å². The molecule has 2 aromatic rings. The predicted molar refractivity (Wildman–Crippen MR) is 89.4 cm³/mol. The van der Waals surface area contributed by atoms with E-state index in [0.29, 0.717) is 6.04 Å². The number of likely N-dealkylation sites (tertiary alicyclic amines) is 1. The maximum absolute atomic E-state index is 6.20. The highest BCUT2D eigenvalue weighted by Gasteiger charge is 2.42. The Morgan fingerprint density at radius 3 is 2.77 bits per heavy atom. The maximum atomic E-state index is 6.20. The van der Waals surface area contributed by atoms with Crippen LogP contribution < -0.4 is 5.32 Å². The topological polar surface area (TPSA) is 50.3 Å². The Hall–Kier alpha value is -1.02. The fourth-order valence-electron chi connectivity index (χ4n) is 3.40. The molecule has 1 spiro atoms. The Bertz CT molecular complexity index is 579. The van der Waals surface area contributed by atoms with Crippen LogP contribution in [0.5, 0.6) is 0 Å². The molecule has 0 radical (unpaired) electrons. The number of nitrogens with zero attached hydrogens (tertiary/aromatic N) is 3. The minimum Gasteiger partial charge on any atom is -0.373 e. The van der Waals surface area contributed by atoms with Gasteiger partial charge in [0.15, 0.2) is 5.13 Å². The Morgan fingerprint density at radius 1 is 1.23 bits per heavy atom. The summed E-state index contributed by atoms with van der Waals surface area (Å²) >= 11 is 3.40. The van der Waals surface area contributed by atoms with Crippen molar-refractivity contribution in [2.45, 2.75) is 37.5 Å². The first-order chi connectivity index (χ1) is 10.8. The van der Waals surface area contributed by atoms with Crippen LogP contribution in [0.3, 0.4) is 0 Å². The molecule has 2 aromatic heterocycles. The number of rotatable bonds is 4. The van der Waals surface area contributed by atoms with Crippen LogP contribution in [-0.2, 0) is 11.3 Å². The van der Waals surface area contributed by atoms with Crippen molar-refractivity contribution in [2.75, 3.05) is 25.0 Å². The summed E-state index contributed by atoms with van der Waals surface area (Å²) < 4.78 is 6.20. The van der Waals surface area contributed by atoms with Gasteiger partial charge in [0.05, 0.1) is 24.8 Å². The summed E-state index contributed by atoms with van der Waals surface area (Å²) in [5.74, 6) is 0. The molecule has 0 saturated carbocycles. The average Bonchev–Trinajstić information content (AvgIpc) is 3.26. The van der Waals surface area contributed by atoms with Crippen molar-refractivity contribution in [3.8, 4) is 0 Å². The molecule has 0 aromatic carbocycles. The smallest absolute Gasteiger partial charge is 0.182 e. The summed E-state index contributed by atoms with van der Waals surface area (Å²) in [4.78, 5) is 11.2. The lowest BCUT2D eigenvalue weighted by Gasteiger charge is -2.38. The molecular formula is C15H20N4OS2. The molecule has 1 N–H and O–H groups in total. The van der Waals surface area contributed by atoms with Gasteiger partial charge in [0, 0.05) is 36.2 Å². The second-order valence-corrected chi connectivity index (χ2v) is 7.95. The first kappa shape index (κ1) is 14.6. The zero-order valence-electron chi connectivity index (χ0n) is 12.4. The third kappa shape index (κ3) is 3.17. The summed E-state index contributed by atoms with van der Waals surface area (Å²) in [5, 5.41) is 9.78. The normalized spacial score (nSPS) is 24.8. The van der Waals surface area contributed by atoms with E-state index in [1.165, 1.54) is 5.01 Å². The molecule has 118 valence electrons. The Balaban J connectivity index is 1.29. The predicted octanol–water partition coefficient (Wildman–Crippen LogP) is 2.84. The minimum atomic E-state index is 0.0777. The van der Waals surface area contributed by atoms with Gasteiger partial charge in [-0.15, -0.1) is 22.7 Å². The fourth-order valence-corrected chi connectivity index (χ4v) is 4.66. The standard InChI is InChI=1S/C15H20N4OS2/c1-5-19(10-13-16-3-7-21-13)6-2-15(1)9-12(11-20-15)18-14-17-4-8-22-14/h3-4,7-8,12H,1-2,5-6,9-11H2,(H,17,18). The lowest BCUT2D eigenvalue weighted by atomic mass is 9.87. The quantitative estimate of drug-likeness (QED) is 0.930. The summed E-state index contributed by atoms with van der Waals surface area (Å²) in [5.41, 5.74) is 0.0777. The number of ether oxygens (including phenoxy) is 1. The summed E-state index contributed by atoms with van der Waals surface area (Å²) in [6, 6.07) is 0.400. The molecule has 1 unspecified atom stereocenters. The highest BCUT2D eigenvalue weighted by molar-refractivity contribution is 7.13. The van der Waals surface area contributed by atoms with Crippen molar-refractivity contribution in [1.29, 1.82) is 0 Å². The van der Waals surface area contributed by atoms with Crippen molar-refractivity contribution in [3.05, 3.63) is 28.2 Å². The third-order valence-electron chi connectivity index (χ3n) is 4.58. The molecule has 0 bridgehead atoms. The largest absolute Gasteiger partial charge is 0.373 e.